The first kappa shape index (κ1) is 13.1. The Balaban J connectivity index is 1.98. The molecule has 0 aliphatic heterocycles. The minimum Gasteiger partial charge on any atom is -0.494 e. The molecule has 4 nitrogen and oxygen atoms in total. The van der Waals surface area contributed by atoms with Gasteiger partial charge in [-0.1, -0.05) is 12.1 Å². The van der Waals surface area contributed by atoms with E-state index in [4.69, 9.17) is 4.74 Å². The van der Waals surface area contributed by atoms with Gasteiger partial charge < -0.3 is 10.1 Å². The van der Waals surface area contributed by atoms with Crippen molar-refractivity contribution in [2.24, 2.45) is 0 Å². The Morgan fingerprint density at radius 1 is 1.32 bits per heavy atom. The molecule has 19 heavy (non-hydrogen) atoms. The molecule has 0 fully saturated rings. The van der Waals surface area contributed by atoms with Gasteiger partial charge in [-0.05, 0) is 36.8 Å². The second-order valence-corrected chi connectivity index (χ2v) is 4.00. The molecule has 1 amide bonds. The highest BCUT2D eigenvalue weighted by molar-refractivity contribution is 5.94. The zero-order valence-corrected chi connectivity index (χ0v) is 10.8. The molecule has 0 aliphatic rings. The van der Waals surface area contributed by atoms with E-state index in [-0.39, 0.29) is 5.91 Å². The van der Waals surface area contributed by atoms with Gasteiger partial charge in [0.2, 0.25) is 0 Å². The standard InChI is InChI=1S/C15H16N2O2/c1-2-19-14-7-3-6-13(9-14)15(18)17-11-12-5-4-8-16-10-12/h3-10H,2,11H2,1H3,(H,17,18). The van der Waals surface area contributed by atoms with Crippen LogP contribution in [0.1, 0.15) is 22.8 Å². The normalized spacial score (nSPS) is 9.95. The van der Waals surface area contributed by atoms with E-state index in [2.05, 4.69) is 10.3 Å². The summed E-state index contributed by atoms with van der Waals surface area (Å²) in [5.74, 6) is 0.585. The lowest BCUT2D eigenvalue weighted by atomic mass is 10.2. The number of benzene rings is 1. The number of nitrogens with one attached hydrogen (secondary N) is 1. The molecule has 0 atom stereocenters. The number of pyridine rings is 1. The maximum Gasteiger partial charge on any atom is 0.251 e. The summed E-state index contributed by atoms with van der Waals surface area (Å²) in [6.45, 7) is 2.96. The topological polar surface area (TPSA) is 51.2 Å². The van der Waals surface area contributed by atoms with Crippen molar-refractivity contribution in [2.75, 3.05) is 6.61 Å². The van der Waals surface area contributed by atoms with E-state index in [1.807, 2.05) is 31.2 Å². The quantitative estimate of drug-likeness (QED) is 0.893. The monoisotopic (exact) mass is 256 g/mol. The Labute approximate surface area is 112 Å². The summed E-state index contributed by atoms with van der Waals surface area (Å²) in [7, 11) is 0. The smallest absolute Gasteiger partial charge is 0.251 e. The Morgan fingerprint density at radius 3 is 2.95 bits per heavy atom. The first-order chi connectivity index (χ1) is 9.29. The number of amides is 1. The maximum atomic E-state index is 12.0. The molecule has 2 aromatic rings. The molecule has 0 unspecified atom stereocenters. The molecular weight excluding hydrogens is 240 g/mol. The summed E-state index contributed by atoms with van der Waals surface area (Å²) < 4.78 is 5.37. The van der Waals surface area contributed by atoms with Crippen LogP contribution in [0.25, 0.3) is 0 Å². The first-order valence-corrected chi connectivity index (χ1v) is 6.19. The highest BCUT2D eigenvalue weighted by Crippen LogP contribution is 2.13. The van der Waals surface area contributed by atoms with Crippen molar-refractivity contribution in [3.05, 3.63) is 59.9 Å². The zero-order valence-electron chi connectivity index (χ0n) is 10.8. The Kier molecular flexibility index (Phi) is 4.50. The van der Waals surface area contributed by atoms with Crippen LogP contribution in [0.2, 0.25) is 0 Å². The van der Waals surface area contributed by atoms with Crippen molar-refractivity contribution in [1.29, 1.82) is 0 Å². The Hall–Kier alpha value is -2.36. The van der Waals surface area contributed by atoms with Crippen LogP contribution in [0.15, 0.2) is 48.8 Å². The van der Waals surface area contributed by atoms with Crippen molar-refractivity contribution >= 4 is 5.91 Å². The minimum atomic E-state index is -0.120. The van der Waals surface area contributed by atoms with E-state index >= 15 is 0 Å². The number of aromatic nitrogens is 1. The van der Waals surface area contributed by atoms with Crippen molar-refractivity contribution in [3.8, 4) is 5.75 Å². The van der Waals surface area contributed by atoms with Crippen LogP contribution in [0.5, 0.6) is 5.75 Å². The third-order valence-corrected chi connectivity index (χ3v) is 2.58. The number of hydrogen-bond donors (Lipinski definition) is 1. The third kappa shape index (κ3) is 3.81. The maximum absolute atomic E-state index is 12.0. The van der Waals surface area contributed by atoms with E-state index in [1.165, 1.54) is 0 Å². The molecule has 0 bridgehead atoms. The van der Waals surface area contributed by atoms with Crippen LogP contribution in [-0.4, -0.2) is 17.5 Å². The van der Waals surface area contributed by atoms with E-state index in [0.29, 0.717) is 24.5 Å². The van der Waals surface area contributed by atoms with Gasteiger partial charge in [-0.3, -0.25) is 9.78 Å². The average molecular weight is 256 g/mol. The molecule has 1 N–H and O–H groups in total. The zero-order chi connectivity index (χ0) is 13.5. The van der Waals surface area contributed by atoms with Gasteiger partial charge in [0.1, 0.15) is 5.75 Å². The molecular formula is C15H16N2O2. The van der Waals surface area contributed by atoms with Gasteiger partial charge in [0.05, 0.1) is 6.61 Å². The van der Waals surface area contributed by atoms with Crippen molar-refractivity contribution in [1.82, 2.24) is 10.3 Å². The van der Waals surface area contributed by atoms with Gasteiger partial charge in [0.25, 0.3) is 5.91 Å². The van der Waals surface area contributed by atoms with Crippen LogP contribution in [0.3, 0.4) is 0 Å². The van der Waals surface area contributed by atoms with E-state index in [1.54, 1.807) is 24.5 Å². The minimum absolute atomic E-state index is 0.120. The Bertz CT molecular complexity index is 541. The van der Waals surface area contributed by atoms with Gasteiger partial charge in [0, 0.05) is 24.5 Å². The first-order valence-electron chi connectivity index (χ1n) is 6.19. The van der Waals surface area contributed by atoms with Gasteiger partial charge in [0.15, 0.2) is 0 Å². The van der Waals surface area contributed by atoms with Crippen LogP contribution < -0.4 is 10.1 Å². The van der Waals surface area contributed by atoms with E-state index in [0.717, 1.165) is 5.56 Å². The molecule has 1 heterocycles. The summed E-state index contributed by atoms with van der Waals surface area (Å²) in [6.07, 6.45) is 3.44. The molecule has 0 aliphatic carbocycles. The average Bonchev–Trinajstić information content (AvgIpc) is 2.46. The fourth-order valence-electron chi connectivity index (χ4n) is 1.68. The molecule has 1 aromatic carbocycles. The lowest BCUT2D eigenvalue weighted by Gasteiger charge is -2.07. The summed E-state index contributed by atoms with van der Waals surface area (Å²) in [6, 6.07) is 10.9. The van der Waals surface area contributed by atoms with Crippen LogP contribution in [0, 0.1) is 0 Å². The fourth-order valence-corrected chi connectivity index (χ4v) is 1.68. The van der Waals surface area contributed by atoms with Crippen molar-refractivity contribution < 1.29 is 9.53 Å². The van der Waals surface area contributed by atoms with Crippen LogP contribution in [-0.2, 0) is 6.54 Å². The highest BCUT2D eigenvalue weighted by Gasteiger charge is 2.06. The van der Waals surface area contributed by atoms with E-state index in [9.17, 15) is 4.79 Å². The number of carbonyl (C=O) groups is 1. The second kappa shape index (κ2) is 6.54. The number of hydrogen-bond acceptors (Lipinski definition) is 3. The molecule has 2 rings (SSSR count). The van der Waals surface area contributed by atoms with Gasteiger partial charge >= 0.3 is 0 Å². The molecule has 0 saturated carbocycles. The SMILES string of the molecule is CCOc1cccc(C(=O)NCc2cccnc2)c1. The number of ether oxygens (including phenoxy) is 1. The van der Waals surface area contributed by atoms with Crippen LogP contribution in [0.4, 0.5) is 0 Å². The fraction of sp³-hybridized carbons (Fsp3) is 0.200. The predicted molar refractivity (Wildman–Crippen MR) is 73.0 cm³/mol. The predicted octanol–water partition coefficient (Wildman–Crippen LogP) is 2.41. The van der Waals surface area contributed by atoms with Crippen molar-refractivity contribution in [3.63, 3.8) is 0 Å². The van der Waals surface area contributed by atoms with E-state index < -0.39 is 0 Å². The third-order valence-electron chi connectivity index (χ3n) is 2.58. The second-order valence-electron chi connectivity index (χ2n) is 4.00. The molecule has 0 saturated heterocycles. The highest BCUT2D eigenvalue weighted by atomic mass is 16.5. The van der Waals surface area contributed by atoms with Gasteiger partial charge in [-0.2, -0.15) is 0 Å². The molecule has 4 heteroatoms. The number of carbonyl (C=O) groups excluding carboxylic acids is 1. The number of rotatable bonds is 5. The van der Waals surface area contributed by atoms with Gasteiger partial charge in [-0.25, -0.2) is 0 Å². The van der Waals surface area contributed by atoms with Gasteiger partial charge in [-0.15, -0.1) is 0 Å². The summed E-state index contributed by atoms with van der Waals surface area (Å²) in [4.78, 5) is 16.0. The summed E-state index contributed by atoms with van der Waals surface area (Å²) in [5.41, 5.74) is 1.56. The lowest BCUT2D eigenvalue weighted by Crippen LogP contribution is -2.22. The lowest BCUT2D eigenvalue weighted by molar-refractivity contribution is 0.0950. The van der Waals surface area contributed by atoms with Crippen molar-refractivity contribution in [2.45, 2.75) is 13.5 Å². The summed E-state index contributed by atoms with van der Waals surface area (Å²) in [5, 5.41) is 2.85. The molecule has 1 aromatic heterocycles. The number of nitrogens with zero attached hydrogens (tertiary/aromatic N) is 1. The van der Waals surface area contributed by atoms with Crippen LogP contribution >= 0.6 is 0 Å². The largest absolute Gasteiger partial charge is 0.494 e. The Morgan fingerprint density at radius 2 is 2.21 bits per heavy atom. The molecule has 98 valence electrons. The molecule has 0 spiro atoms. The molecule has 0 radical (unpaired) electrons. The summed E-state index contributed by atoms with van der Waals surface area (Å²) >= 11 is 0.